The number of hydrogen-bond acceptors (Lipinski definition) is 4. The number of methoxy groups -OCH3 is 1. The Labute approximate surface area is 156 Å². The third-order valence-electron chi connectivity index (χ3n) is 4.87. The molecule has 0 atom stereocenters. The molecule has 2 heterocycles. The summed E-state index contributed by atoms with van der Waals surface area (Å²) in [5, 5.41) is 3.68. The highest BCUT2D eigenvalue weighted by molar-refractivity contribution is 6.05. The van der Waals surface area contributed by atoms with Gasteiger partial charge in [-0.2, -0.15) is 0 Å². The second-order valence-electron chi connectivity index (χ2n) is 6.62. The van der Waals surface area contributed by atoms with Crippen molar-refractivity contribution in [1.82, 2.24) is 4.90 Å². The zero-order valence-corrected chi connectivity index (χ0v) is 15.2. The molecule has 3 aromatic rings. The number of furan rings is 1. The predicted octanol–water partition coefficient (Wildman–Crippen LogP) is 3.60. The Bertz CT molecular complexity index is 1040. The highest BCUT2D eigenvalue weighted by Gasteiger charge is 2.19. The van der Waals surface area contributed by atoms with E-state index in [-0.39, 0.29) is 17.6 Å². The Balaban J connectivity index is 1.57. The van der Waals surface area contributed by atoms with E-state index in [4.69, 9.17) is 9.15 Å². The average molecular weight is 364 g/mol. The first kappa shape index (κ1) is 17.1. The van der Waals surface area contributed by atoms with Gasteiger partial charge in [-0.3, -0.25) is 9.59 Å². The van der Waals surface area contributed by atoms with Crippen molar-refractivity contribution in [1.29, 1.82) is 0 Å². The molecule has 0 saturated heterocycles. The Morgan fingerprint density at radius 3 is 2.78 bits per heavy atom. The van der Waals surface area contributed by atoms with Gasteiger partial charge in [-0.15, -0.1) is 0 Å². The number of nitrogens with one attached hydrogen (secondary N) is 1. The van der Waals surface area contributed by atoms with Crippen LogP contribution in [0.1, 0.15) is 28.6 Å². The van der Waals surface area contributed by atoms with E-state index >= 15 is 0 Å². The molecule has 0 radical (unpaired) electrons. The number of anilines is 1. The minimum Gasteiger partial charge on any atom is -0.493 e. The van der Waals surface area contributed by atoms with Gasteiger partial charge in [0.1, 0.15) is 0 Å². The lowest BCUT2D eigenvalue weighted by molar-refractivity contribution is -0.129. The Hall–Kier alpha value is -3.28. The number of fused-ring (bicyclic) bond motifs is 2. The van der Waals surface area contributed by atoms with Gasteiger partial charge in [0, 0.05) is 31.1 Å². The molecule has 27 heavy (non-hydrogen) atoms. The molecule has 138 valence electrons. The molecule has 1 aliphatic heterocycles. The molecule has 1 aromatic heterocycles. The van der Waals surface area contributed by atoms with Crippen LogP contribution in [0.4, 0.5) is 5.69 Å². The minimum atomic E-state index is -0.326. The maximum absolute atomic E-state index is 12.6. The molecule has 0 aliphatic carbocycles. The molecule has 0 saturated carbocycles. The first-order valence-electron chi connectivity index (χ1n) is 8.80. The molecule has 1 N–H and O–H groups in total. The van der Waals surface area contributed by atoms with Crippen molar-refractivity contribution >= 4 is 28.5 Å². The van der Waals surface area contributed by atoms with Crippen LogP contribution >= 0.6 is 0 Å². The predicted molar refractivity (Wildman–Crippen MR) is 102 cm³/mol. The fourth-order valence-electron chi connectivity index (χ4n) is 3.41. The maximum Gasteiger partial charge on any atom is 0.291 e. The lowest BCUT2D eigenvalue weighted by Crippen LogP contribution is -2.34. The van der Waals surface area contributed by atoms with Crippen LogP contribution in [0.25, 0.3) is 11.0 Å². The SMILES string of the molecule is COc1cccc2cc(C(=O)Nc3ccc4c(c3)CN(C(C)=O)CC4)oc12. The topological polar surface area (TPSA) is 71.8 Å². The van der Waals surface area contributed by atoms with E-state index < -0.39 is 0 Å². The molecule has 2 amide bonds. The lowest BCUT2D eigenvalue weighted by atomic mass is 9.99. The molecular weight excluding hydrogens is 344 g/mol. The molecular formula is C21H20N2O4. The molecule has 0 unspecified atom stereocenters. The standard InChI is InChI=1S/C21H20N2O4/c1-13(24)23-9-8-14-6-7-17(10-16(14)12-23)22-21(25)19-11-15-4-3-5-18(26-2)20(15)27-19/h3-7,10-11H,8-9,12H2,1-2H3,(H,22,25). The van der Waals surface area contributed by atoms with E-state index in [1.807, 2.05) is 30.3 Å². The summed E-state index contributed by atoms with van der Waals surface area (Å²) in [7, 11) is 1.56. The van der Waals surface area contributed by atoms with E-state index in [9.17, 15) is 9.59 Å². The number of hydrogen-bond donors (Lipinski definition) is 1. The number of nitrogens with zero attached hydrogens (tertiary/aromatic N) is 1. The summed E-state index contributed by atoms with van der Waals surface area (Å²) in [6.07, 6.45) is 0.826. The van der Waals surface area contributed by atoms with Crippen molar-refractivity contribution in [2.45, 2.75) is 19.9 Å². The molecule has 2 aromatic carbocycles. The van der Waals surface area contributed by atoms with Crippen LogP contribution in [0.15, 0.2) is 46.9 Å². The van der Waals surface area contributed by atoms with Crippen molar-refractivity contribution in [2.24, 2.45) is 0 Å². The zero-order chi connectivity index (χ0) is 19.0. The average Bonchev–Trinajstić information content (AvgIpc) is 3.12. The van der Waals surface area contributed by atoms with E-state index in [1.165, 1.54) is 5.56 Å². The van der Waals surface area contributed by atoms with Gasteiger partial charge in [0.2, 0.25) is 5.91 Å². The summed E-state index contributed by atoms with van der Waals surface area (Å²) in [6, 6.07) is 13.0. The van der Waals surface area contributed by atoms with Crippen LogP contribution < -0.4 is 10.1 Å². The second-order valence-corrected chi connectivity index (χ2v) is 6.62. The fraction of sp³-hybridized carbons (Fsp3) is 0.238. The zero-order valence-electron chi connectivity index (χ0n) is 15.2. The Morgan fingerprint density at radius 1 is 1.15 bits per heavy atom. The van der Waals surface area contributed by atoms with E-state index in [2.05, 4.69) is 5.32 Å². The molecule has 0 spiro atoms. The third-order valence-corrected chi connectivity index (χ3v) is 4.87. The van der Waals surface area contributed by atoms with Crippen molar-refractivity contribution in [2.75, 3.05) is 19.0 Å². The van der Waals surface area contributed by atoms with Crippen molar-refractivity contribution < 1.29 is 18.7 Å². The number of amides is 2. The highest BCUT2D eigenvalue weighted by atomic mass is 16.5. The Kier molecular flexibility index (Phi) is 4.32. The van der Waals surface area contributed by atoms with Crippen molar-refractivity contribution in [3.8, 4) is 5.75 Å². The maximum atomic E-state index is 12.6. The van der Waals surface area contributed by atoms with Crippen LogP contribution in [0.3, 0.4) is 0 Å². The van der Waals surface area contributed by atoms with Gasteiger partial charge >= 0.3 is 0 Å². The first-order chi connectivity index (χ1) is 13.0. The summed E-state index contributed by atoms with van der Waals surface area (Å²) in [4.78, 5) is 26.0. The summed E-state index contributed by atoms with van der Waals surface area (Å²) in [5.41, 5.74) is 3.49. The lowest BCUT2D eigenvalue weighted by Gasteiger charge is -2.28. The van der Waals surface area contributed by atoms with Gasteiger partial charge in [-0.25, -0.2) is 0 Å². The van der Waals surface area contributed by atoms with Crippen molar-refractivity contribution in [3.63, 3.8) is 0 Å². The van der Waals surface area contributed by atoms with Gasteiger partial charge in [-0.05, 0) is 41.8 Å². The summed E-state index contributed by atoms with van der Waals surface area (Å²) in [5.74, 6) is 0.543. The largest absolute Gasteiger partial charge is 0.493 e. The first-order valence-corrected chi connectivity index (χ1v) is 8.80. The molecule has 0 bridgehead atoms. The molecule has 0 fully saturated rings. The molecule has 6 heteroatoms. The van der Waals surface area contributed by atoms with Gasteiger partial charge < -0.3 is 19.4 Å². The van der Waals surface area contributed by atoms with Crippen LogP contribution in [0, 0.1) is 0 Å². The van der Waals surface area contributed by atoms with E-state index in [1.54, 1.807) is 31.1 Å². The number of rotatable bonds is 3. The number of benzene rings is 2. The number of carbonyl (C=O) groups is 2. The van der Waals surface area contributed by atoms with Gasteiger partial charge in [0.05, 0.1) is 7.11 Å². The quantitative estimate of drug-likeness (QED) is 0.771. The monoisotopic (exact) mass is 364 g/mol. The van der Waals surface area contributed by atoms with Crippen molar-refractivity contribution in [3.05, 3.63) is 59.4 Å². The second kappa shape index (κ2) is 6.79. The summed E-state index contributed by atoms with van der Waals surface area (Å²) < 4.78 is 11.0. The van der Waals surface area contributed by atoms with Crippen LogP contribution in [-0.2, 0) is 17.8 Å². The van der Waals surface area contributed by atoms with Crippen LogP contribution in [-0.4, -0.2) is 30.4 Å². The van der Waals surface area contributed by atoms with E-state index in [0.717, 1.165) is 23.9 Å². The van der Waals surface area contributed by atoms with Crippen LogP contribution in [0.2, 0.25) is 0 Å². The van der Waals surface area contributed by atoms with Gasteiger partial charge in [-0.1, -0.05) is 18.2 Å². The highest BCUT2D eigenvalue weighted by Crippen LogP contribution is 2.29. The minimum absolute atomic E-state index is 0.0614. The molecule has 4 rings (SSSR count). The number of carbonyl (C=O) groups excluding carboxylic acids is 2. The third kappa shape index (κ3) is 3.26. The van der Waals surface area contributed by atoms with Gasteiger partial charge in [0.25, 0.3) is 5.91 Å². The van der Waals surface area contributed by atoms with E-state index in [0.29, 0.717) is 23.6 Å². The number of para-hydroxylation sites is 1. The normalized spacial score (nSPS) is 13.3. The van der Waals surface area contributed by atoms with Gasteiger partial charge in [0.15, 0.2) is 17.1 Å². The fourth-order valence-corrected chi connectivity index (χ4v) is 3.41. The molecule has 6 nitrogen and oxygen atoms in total. The Morgan fingerprint density at radius 2 is 2.00 bits per heavy atom. The number of ether oxygens (including phenoxy) is 1. The van der Waals surface area contributed by atoms with Crippen LogP contribution in [0.5, 0.6) is 5.75 Å². The smallest absolute Gasteiger partial charge is 0.291 e. The molecule has 1 aliphatic rings. The summed E-state index contributed by atoms with van der Waals surface area (Å²) >= 11 is 0. The summed E-state index contributed by atoms with van der Waals surface area (Å²) in [6.45, 7) is 2.87.